The summed E-state index contributed by atoms with van der Waals surface area (Å²) < 4.78 is 4.84. The van der Waals surface area contributed by atoms with Crippen LogP contribution in [0.3, 0.4) is 0 Å². The van der Waals surface area contributed by atoms with Crippen LogP contribution in [0.4, 0.5) is 0 Å². The van der Waals surface area contributed by atoms with Crippen LogP contribution >= 0.6 is 0 Å². The van der Waals surface area contributed by atoms with Gasteiger partial charge in [0.2, 0.25) is 0 Å². The molecular weight excluding hydrogens is 244 g/mol. The van der Waals surface area contributed by atoms with Crippen LogP contribution in [0, 0.1) is 0 Å². The van der Waals surface area contributed by atoms with E-state index in [-0.39, 0.29) is 5.91 Å². The van der Waals surface area contributed by atoms with Crippen LogP contribution in [0.1, 0.15) is 24.2 Å². The minimum absolute atomic E-state index is 0.288. The topological polar surface area (TPSA) is 71.2 Å². The smallest absolute Gasteiger partial charge is 0.328 e. The summed E-state index contributed by atoms with van der Waals surface area (Å²) in [6.07, 6.45) is 1.81. The molecule has 1 heterocycles. The third kappa shape index (κ3) is 2.93. The van der Waals surface area contributed by atoms with Crippen molar-refractivity contribution in [2.24, 2.45) is 0 Å². The molecule has 1 atom stereocenters. The van der Waals surface area contributed by atoms with Gasteiger partial charge < -0.3 is 15.0 Å². The van der Waals surface area contributed by atoms with E-state index in [0.29, 0.717) is 12.2 Å². The molecule has 19 heavy (non-hydrogen) atoms. The Labute approximate surface area is 110 Å². The molecule has 0 fully saturated rings. The van der Waals surface area contributed by atoms with Gasteiger partial charge in [0, 0.05) is 22.7 Å². The lowest BCUT2D eigenvalue weighted by molar-refractivity contribution is -0.144. The zero-order chi connectivity index (χ0) is 13.8. The van der Waals surface area contributed by atoms with Crippen molar-refractivity contribution in [1.29, 1.82) is 0 Å². The van der Waals surface area contributed by atoms with Gasteiger partial charge in [0.15, 0.2) is 0 Å². The van der Waals surface area contributed by atoms with Crippen molar-refractivity contribution >= 4 is 22.8 Å². The molecule has 2 N–H and O–H groups in total. The average molecular weight is 260 g/mol. The molecule has 0 saturated carbocycles. The number of hydrogen-bond acceptors (Lipinski definition) is 3. The number of hydrogen-bond donors (Lipinski definition) is 2. The molecule has 1 unspecified atom stereocenters. The van der Waals surface area contributed by atoms with Gasteiger partial charge in [-0.1, -0.05) is 0 Å². The van der Waals surface area contributed by atoms with Crippen LogP contribution < -0.4 is 5.32 Å². The zero-order valence-corrected chi connectivity index (χ0v) is 10.9. The second-order valence-electron chi connectivity index (χ2n) is 4.23. The molecule has 100 valence electrons. The molecule has 2 rings (SSSR count). The normalized spacial score (nSPS) is 12.1. The molecule has 0 bridgehead atoms. The van der Waals surface area contributed by atoms with E-state index in [4.69, 9.17) is 4.74 Å². The first-order chi connectivity index (χ1) is 9.11. The largest absolute Gasteiger partial charge is 0.464 e. The van der Waals surface area contributed by atoms with E-state index in [9.17, 15) is 9.59 Å². The number of carbonyl (C=O) groups is 2. The highest BCUT2D eigenvalue weighted by molar-refractivity contribution is 5.99. The SMILES string of the molecule is CCOC(=O)C(C)NC(=O)c1ccc2[nH]ccc2c1. The van der Waals surface area contributed by atoms with E-state index in [1.54, 1.807) is 26.0 Å². The van der Waals surface area contributed by atoms with Crippen molar-refractivity contribution in [2.45, 2.75) is 19.9 Å². The maximum atomic E-state index is 12.0. The minimum atomic E-state index is -0.658. The molecular formula is C14H16N2O3. The first-order valence-corrected chi connectivity index (χ1v) is 6.16. The molecule has 0 aliphatic carbocycles. The Kier molecular flexibility index (Phi) is 3.85. The number of amides is 1. The fourth-order valence-corrected chi connectivity index (χ4v) is 1.80. The third-order valence-electron chi connectivity index (χ3n) is 2.80. The number of aromatic nitrogens is 1. The van der Waals surface area contributed by atoms with Gasteiger partial charge in [0.1, 0.15) is 6.04 Å². The monoisotopic (exact) mass is 260 g/mol. The maximum absolute atomic E-state index is 12.0. The standard InChI is InChI=1S/C14H16N2O3/c1-3-19-14(18)9(2)16-13(17)11-4-5-12-10(8-11)6-7-15-12/h4-9,15H,3H2,1-2H3,(H,16,17). The van der Waals surface area contributed by atoms with E-state index in [1.165, 1.54) is 0 Å². The summed E-state index contributed by atoms with van der Waals surface area (Å²) in [6, 6.07) is 6.56. The number of ether oxygens (including phenoxy) is 1. The first kappa shape index (κ1) is 13.1. The van der Waals surface area contributed by atoms with Gasteiger partial charge >= 0.3 is 5.97 Å². The van der Waals surface area contributed by atoms with Crippen molar-refractivity contribution < 1.29 is 14.3 Å². The number of fused-ring (bicyclic) bond motifs is 1. The highest BCUT2D eigenvalue weighted by Gasteiger charge is 2.17. The second kappa shape index (κ2) is 5.56. The van der Waals surface area contributed by atoms with Crippen LogP contribution in [-0.2, 0) is 9.53 Å². The van der Waals surface area contributed by atoms with Crippen molar-refractivity contribution in [3.63, 3.8) is 0 Å². The van der Waals surface area contributed by atoms with Crippen LogP contribution in [0.2, 0.25) is 0 Å². The Bertz CT molecular complexity index is 604. The number of aromatic amines is 1. The summed E-state index contributed by atoms with van der Waals surface area (Å²) >= 11 is 0. The predicted octanol–water partition coefficient (Wildman–Crippen LogP) is 1.85. The zero-order valence-electron chi connectivity index (χ0n) is 10.9. The highest BCUT2D eigenvalue weighted by Crippen LogP contribution is 2.14. The minimum Gasteiger partial charge on any atom is -0.464 e. The van der Waals surface area contributed by atoms with Gasteiger partial charge in [-0.3, -0.25) is 4.79 Å². The lowest BCUT2D eigenvalue weighted by atomic mass is 10.1. The fraction of sp³-hybridized carbons (Fsp3) is 0.286. The quantitative estimate of drug-likeness (QED) is 0.824. The molecule has 1 amide bonds. The molecule has 1 aromatic carbocycles. The molecule has 0 saturated heterocycles. The Morgan fingerprint density at radius 2 is 2.16 bits per heavy atom. The van der Waals surface area contributed by atoms with Crippen LogP contribution in [0.15, 0.2) is 30.5 Å². The number of benzene rings is 1. The van der Waals surface area contributed by atoms with E-state index in [2.05, 4.69) is 10.3 Å². The molecule has 2 aromatic rings. The van der Waals surface area contributed by atoms with Crippen molar-refractivity contribution in [3.8, 4) is 0 Å². The second-order valence-corrected chi connectivity index (χ2v) is 4.23. The van der Waals surface area contributed by atoms with E-state index < -0.39 is 12.0 Å². The lowest BCUT2D eigenvalue weighted by Gasteiger charge is -2.12. The average Bonchev–Trinajstić information content (AvgIpc) is 2.85. The molecule has 5 nitrogen and oxygen atoms in total. The van der Waals surface area contributed by atoms with Crippen molar-refractivity contribution in [1.82, 2.24) is 10.3 Å². The van der Waals surface area contributed by atoms with Crippen molar-refractivity contribution in [2.75, 3.05) is 6.61 Å². The summed E-state index contributed by atoms with van der Waals surface area (Å²) in [5, 5.41) is 3.57. The third-order valence-corrected chi connectivity index (χ3v) is 2.80. The lowest BCUT2D eigenvalue weighted by Crippen LogP contribution is -2.39. The molecule has 0 spiro atoms. The Morgan fingerprint density at radius 1 is 1.37 bits per heavy atom. The Balaban J connectivity index is 2.08. The van der Waals surface area contributed by atoms with Gasteiger partial charge in [0.05, 0.1) is 6.61 Å². The molecule has 0 aliphatic heterocycles. The molecule has 5 heteroatoms. The van der Waals surface area contributed by atoms with E-state index >= 15 is 0 Å². The van der Waals surface area contributed by atoms with Gasteiger partial charge in [0.25, 0.3) is 5.91 Å². The van der Waals surface area contributed by atoms with Gasteiger partial charge in [-0.05, 0) is 38.1 Å². The summed E-state index contributed by atoms with van der Waals surface area (Å²) in [7, 11) is 0. The Hall–Kier alpha value is -2.30. The number of nitrogens with one attached hydrogen (secondary N) is 2. The Morgan fingerprint density at radius 3 is 2.89 bits per heavy atom. The maximum Gasteiger partial charge on any atom is 0.328 e. The summed E-state index contributed by atoms with van der Waals surface area (Å²) in [6.45, 7) is 3.63. The number of esters is 1. The highest BCUT2D eigenvalue weighted by atomic mass is 16.5. The number of rotatable bonds is 4. The van der Waals surface area contributed by atoms with Gasteiger partial charge in [-0.25, -0.2) is 4.79 Å². The van der Waals surface area contributed by atoms with Crippen LogP contribution in [0.5, 0.6) is 0 Å². The molecule has 0 aliphatic rings. The van der Waals surface area contributed by atoms with E-state index in [0.717, 1.165) is 10.9 Å². The summed E-state index contributed by atoms with van der Waals surface area (Å²) in [5.41, 5.74) is 1.48. The van der Waals surface area contributed by atoms with Gasteiger partial charge in [-0.15, -0.1) is 0 Å². The summed E-state index contributed by atoms with van der Waals surface area (Å²) in [4.78, 5) is 26.5. The fourth-order valence-electron chi connectivity index (χ4n) is 1.80. The molecule has 1 aromatic heterocycles. The van der Waals surface area contributed by atoms with Crippen LogP contribution in [-0.4, -0.2) is 29.5 Å². The predicted molar refractivity (Wildman–Crippen MR) is 71.9 cm³/mol. The summed E-state index contributed by atoms with van der Waals surface area (Å²) in [5.74, 6) is -0.720. The van der Waals surface area contributed by atoms with E-state index in [1.807, 2.05) is 18.3 Å². The number of H-pyrrole nitrogens is 1. The van der Waals surface area contributed by atoms with Crippen molar-refractivity contribution in [3.05, 3.63) is 36.0 Å². The van der Waals surface area contributed by atoms with Gasteiger partial charge in [-0.2, -0.15) is 0 Å². The molecule has 0 radical (unpaired) electrons. The van der Waals surface area contributed by atoms with Crippen LogP contribution in [0.25, 0.3) is 10.9 Å². The first-order valence-electron chi connectivity index (χ1n) is 6.16. The number of carbonyl (C=O) groups excluding carboxylic acids is 2.